The van der Waals surface area contributed by atoms with Crippen LogP contribution in [0.15, 0.2) is 0 Å². The molecule has 0 aromatic rings. The number of hydrogen-bond donors (Lipinski definition) is 1. The van der Waals surface area contributed by atoms with Gasteiger partial charge in [-0.3, -0.25) is 9.59 Å². The van der Waals surface area contributed by atoms with Crippen molar-refractivity contribution in [2.45, 2.75) is 25.7 Å². The van der Waals surface area contributed by atoms with Gasteiger partial charge in [-0.05, 0) is 6.42 Å². The SMILES string of the molecule is NC(=O)OCCCC(=O)ON1C(=O)CCC1=O. The standard InChI is InChI=1S/C9H12N2O6/c10-9(15)16-5-1-2-8(14)17-11-6(12)3-4-7(11)13/h1-5H2,(H2,10,15). The van der Waals surface area contributed by atoms with Gasteiger partial charge in [-0.2, -0.15) is 0 Å². The first-order chi connectivity index (χ1) is 8.00. The highest BCUT2D eigenvalue weighted by Crippen LogP contribution is 2.12. The number of nitrogens with zero attached hydrogens (tertiary/aromatic N) is 1. The summed E-state index contributed by atoms with van der Waals surface area (Å²) in [6.45, 7) is -0.0215. The van der Waals surface area contributed by atoms with E-state index in [-0.39, 0.29) is 32.3 Å². The summed E-state index contributed by atoms with van der Waals surface area (Å²) in [5.41, 5.74) is 4.70. The maximum absolute atomic E-state index is 11.2. The number of rotatable bonds is 5. The molecular formula is C9H12N2O6. The Kier molecular flexibility index (Phi) is 4.44. The van der Waals surface area contributed by atoms with Crippen LogP contribution in [0.25, 0.3) is 0 Å². The van der Waals surface area contributed by atoms with Gasteiger partial charge < -0.3 is 15.3 Å². The molecule has 0 bridgehead atoms. The first-order valence-electron chi connectivity index (χ1n) is 4.99. The van der Waals surface area contributed by atoms with E-state index < -0.39 is 23.9 Å². The molecule has 0 unspecified atom stereocenters. The summed E-state index contributed by atoms with van der Waals surface area (Å²) in [4.78, 5) is 48.1. The second-order valence-corrected chi connectivity index (χ2v) is 3.32. The van der Waals surface area contributed by atoms with Gasteiger partial charge >= 0.3 is 12.1 Å². The van der Waals surface area contributed by atoms with Crippen molar-refractivity contribution in [2.24, 2.45) is 5.73 Å². The first kappa shape index (κ1) is 12.9. The van der Waals surface area contributed by atoms with Gasteiger partial charge in [-0.25, -0.2) is 9.59 Å². The van der Waals surface area contributed by atoms with Crippen LogP contribution in [-0.4, -0.2) is 35.5 Å². The van der Waals surface area contributed by atoms with Crippen molar-refractivity contribution in [3.8, 4) is 0 Å². The molecule has 0 aromatic carbocycles. The molecule has 0 atom stereocenters. The molecule has 1 heterocycles. The summed E-state index contributed by atoms with van der Waals surface area (Å²) in [5, 5.41) is 0.470. The van der Waals surface area contributed by atoms with Gasteiger partial charge in [0.2, 0.25) is 0 Å². The number of hydroxylamine groups is 2. The number of carbonyl (C=O) groups excluding carboxylic acids is 4. The summed E-state index contributed by atoms with van der Waals surface area (Å²) in [7, 11) is 0. The van der Waals surface area contributed by atoms with E-state index in [1.807, 2.05) is 0 Å². The smallest absolute Gasteiger partial charge is 0.404 e. The summed E-state index contributed by atoms with van der Waals surface area (Å²) in [6, 6.07) is 0. The van der Waals surface area contributed by atoms with E-state index in [1.54, 1.807) is 0 Å². The Morgan fingerprint density at radius 3 is 2.35 bits per heavy atom. The normalized spacial score (nSPS) is 14.9. The number of ether oxygens (including phenoxy) is 1. The Balaban J connectivity index is 2.23. The van der Waals surface area contributed by atoms with Gasteiger partial charge in [0.25, 0.3) is 11.8 Å². The van der Waals surface area contributed by atoms with Crippen molar-refractivity contribution in [3.63, 3.8) is 0 Å². The van der Waals surface area contributed by atoms with E-state index in [0.29, 0.717) is 5.06 Å². The maximum atomic E-state index is 11.2. The minimum atomic E-state index is -0.928. The Labute approximate surface area is 96.6 Å². The molecule has 1 aliphatic rings. The molecule has 1 saturated heterocycles. The third-order valence-electron chi connectivity index (χ3n) is 1.97. The van der Waals surface area contributed by atoms with Crippen LogP contribution in [0.5, 0.6) is 0 Å². The molecule has 94 valence electrons. The number of nitrogens with two attached hydrogens (primary N) is 1. The van der Waals surface area contributed by atoms with Crippen molar-refractivity contribution < 1.29 is 28.8 Å². The molecule has 0 aliphatic carbocycles. The van der Waals surface area contributed by atoms with Crippen molar-refractivity contribution in [2.75, 3.05) is 6.61 Å². The molecule has 0 spiro atoms. The van der Waals surface area contributed by atoms with Crippen LogP contribution in [0.4, 0.5) is 4.79 Å². The van der Waals surface area contributed by atoms with E-state index >= 15 is 0 Å². The summed E-state index contributed by atoms with van der Waals surface area (Å²) in [6.07, 6.45) is -0.695. The topological polar surface area (TPSA) is 116 Å². The minimum Gasteiger partial charge on any atom is -0.450 e. The maximum Gasteiger partial charge on any atom is 0.404 e. The van der Waals surface area contributed by atoms with Crippen LogP contribution >= 0.6 is 0 Å². The molecule has 2 N–H and O–H groups in total. The van der Waals surface area contributed by atoms with Gasteiger partial charge in [-0.15, -0.1) is 5.06 Å². The van der Waals surface area contributed by atoms with Crippen molar-refractivity contribution >= 4 is 23.9 Å². The lowest BCUT2D eigenvalue weighted by atomic mass is 10.3. The number of hydrogen-bond acceptors (Lipinski definition) is 6. The lowest BCUT2D eigenvalue weighted by Crippen LogP contribution is -2.32. The van der Waals surface area contributed by atoms with Crippen LogP contribution in [0.1, 0.15) is 25.7 Å². The van der Waals surface area contributed by atoms with E-state index in [0.717, 1.165) is 0 Å². The lowest BCUT2D eigenvalue weighted by molar-refractivity contribution is -0.197. The Bertz CT molecular complexity index is 337. The fraction of sp³-hybridized carbons (Fsp3) is 0.556. The largest absolute Gasteiger partial charge is 0.450 e. The van der Waals surface area contributed by atoms with Gasteiger partial charge in [-0.1, -0.05) is 0 Å². The molecule has 1 fully saturated rings. The highest BCUT2D eigenvalue weighted by atomic mass is 16.7. The van der Waals surface area contributed by atoms with Gasteiger partial charge in [0.05, 0.1) is 13.0 Å². The van der Waals surface area contributed by atoms with Crippen LogP contribution in [-0.2, 0) is 24.0 Å². The summed E-state index contributed by atoms with van der Waals surface area (Å²) >= 11 is 0. The summed E-state index contributed by atoms with van der Waals surface area (Å²) < 4.78 is 4.39. The number of primary amides is 1. The second-order valence-electron chi connectivity index (χ2n) is 3.32. The van der Waals surface area contributed by atoms with Crippen LogP contribution < -0.4 is 5.73 Å². The molecule has 0 radical (unpaired) electrons. The minimum absolute atomic E-state index is 0.0215. The predicted molar refractivity (Wildman–Crippen MR) is 51.9 cm³/mol. The number of imide groups is 1. The number of carbonyl (C=O) groups is 4. The molecular weight excluding hydrogens is 232 g/mol. The average molecular weight is 244 g/mol. The Hall–Kier alpha value is -2.12. The van der Waals surface area contributed by atoms with Crippen LogP contribution in [0, 0.1) is 0 Å². The molecule has 1 aliphatic heterocycles. The lowest BCUT2D eigenvalue weighted by Gasteiger charge is -2.12. The third kappa shape index (κ3) is 4.09. The fourth-order valence-corrected chi connectivity index (χ4v) is 1.19. The molecule has 17 heavy (non-hydrogen) atoms. The van der Waals surface area contributed by atoms with E-state index in [9.17, 15) is 19.2 Å². The Morgan fingerprint density at radius 1 is 1.24 bits per heavy atom. The number of amides is 3. The highest BCUT2D eigenvalue weighted by Gasteiger charge is 2.32. The zero-order valence-electron chi connectivity index (χ0n) is 9.01. The van der Waals surface area contributed by atoms with Gasteiger partial charge in [0, 0.05) is 12.8 Å². The first-order valence-corrected chi connectivity index (χ1v) is 4.99. The molecule has 1 rings (SSSR count). The molecule has 8 heteroatoms. The van der Waals surface area contributed by atoms with E-state index in [4.69, 9.17) is 5.73 Å². The quantitative estimate of drug-likeness (QED) is 0.513. The monoisotopic (exact) mass is 244 g/mol. The van der Waals surface area contributed by atoms with E-state index in [2.05, 4.69) is 9.57 Å². The average Bonchev–Trinajstić information content (AvgIpc) is 2.56. The van der Waals surface area contributed by atoms with Gasteiger partial charge in [0.15, 0.2) is 0 Å². The highest BCUT2D eigenvalue weighted by molar-refractivity contribution is 6.01. The zero-order valence-corrected chi connectivity index (χ0v) is 9.01. The Morgan fingerprint density at radius 2 is 1.82 bits per heavy atom. The molecule has 8 nitrogen and oxygen atoms in total. The molecule has 3 amide bonds. The van der Waals surface area contributed by atoms with Crippen molar-refractivity contribution in [1.82, 2.24) is 5.06 Å². The molecule has 0 aromatic heterocycles. The third-order valence-corrected chi connectivity index (χ3v) is 1.97. The van der Waals surface area contributed by atoms with Crippen molar-refractivity contribution in [1.29, 1.82) is 0 Å². The zero-order chi connectivity index (χ0) is 12.8. The van der Waals surface area contributed by atoms with Crippen LogP contribution in [0.3, 0.4) is 0 Å². The fourth-order valence-electron chi connectivity index (χ4n) is 1.19. The van der Waals surface area contributed by atoms with Crippen molar-refractivity contribution in [3.05, 3.63) is 0 Å². The molecule has 0 saturated carbocycles. The second kappa shape index (κ2) is 5.83. The summed E-state index contributed by atoms with van der Waals surface area (Å²) in [5.74, 6) is -1.80. The van der Waals surface area contributed by atoms with Gasteiger partial charge in [0.1, 0.15) is 0 Å². The predicted octanol–water partition coefficient (Wildman–Crippen LogP) is -0.531. The van der Waals surface area contributed by atoms with E-state index in [1.165, 1.54) is 0 Å². The van der Waals surface area contributed by atoms with Crippen LogP contribution in [0.2, 0.25) is 0 Å².